The number of hydrogen-bond donors (Lipinski definition) is 0. The summed E-state index contributed by atoms with van der Waals surface area (Å²) in [6.45, 7) is 3.38. The minimum atomic E-state index is -0.197. The van der Waals surface area contributed by atoms with E-state index < -0.39 is 0 Å². The molecule has 2 aromatic rings. The van der Waals surface area contributed by atoms with Crippen LogP contribution in [0.5, 0.6) is 0 Å². The maximum Gasteiger partial charge on any atom is 0.191 e. The highest BCUT2D eigenvalue weighted by atomic mass is 32.2. The van der Waals surface area contributed by atoms with Gasteiger partial charge in [-0.05, 0) is 13.3 Å². The van der Waals surface area contributed by atoms with Crippen molar-refractivity contribution in [3.8, 4) is 0 Å². The van der Waals surface area contributed by atoms with Crippen LogP contribution in [0.3, 0.4) is 0 Å². The van der Waals surface area contributed by atoms with Gasteiger partial charge in [0.1, 0.15) is 6.33 Å². The Bertz CT molecular complexity index is 571. The Labute approximate surface area is 128 Å². The van der Waals surface area contributed by atoms with Gasteiger partial charge in [-0.15, -0.1) is 10.2 Å². The van der Waals surface area contributed by atoms with Crippen LogP contribution in [0.25, 0.3) is 0 Å². The largest absolute Gasteiger partial charge is 0.385 e. The summed E-state index contributed by atoms with van der Waals surface area (Å²) >= 11 is 1.44. The molecule has 0 bridgehead atoms. The van der Waals surface area contributed by atoms with E-state index in [4.69, 9.17) is 4.74 Å². The first kappa shape index (κ1) is 15.7. The Morgan fingerprint density at radius 3 is 2.86 bits per heavy atom. The smallest absolute Gasteiger partial charge is 0.191 e. The van der Waals surface area contributed by atoms with Crippen molar-refractivity contribution in [3.05, 3.63) is 42.2 Å². The van der Waals surface area contributed by atoms with E-state index in [0.29, 0.717) is 6.61 Å². The van der Waals surface area contributed by atoms with E-state index in [9.17, 15) is 4.79 Å². The van der Waals surface area contributed by atoms with Crippen LogP contribution in [0.1, 0.15) is 23.7 Å². The van der Waals surface area contributed by atoms with Crippen molar-refractivity contribution < 1.29 is 9.53 Å². The van der Waals surface area contributed by atoms with Gasteiger partial charge in [-0.25, -0.2) is 0 Å². The van der Waals surface area contributed by atoms with E-state index in [2.05, 4.69) is 10.2 Å². The average molecular weight is 305 g/mol. The van der Waals surface area contributed by atoms with Gasteiger partial charge in [0.2, 0.25) is 0 Å². The van der Waals surface area contributed by atoms with E-state index in [1.165, 1.54) is 11.8 Å². The lowest BCUT2D eigenvalue weighted by atomic mass is 10.1. The van der Waals surface area contributed by atoms with Crippen molar-refractivity contribution in [3.63, 3.8) is 0 Å². The van der Waals surface area contributed by atoms with Gasteiger partial charge in [-0.2, -0.15) is 0 Å². The first-order chi connectivity index (χ1) is 10.2. The van der Waals surface area contributed by atoms with Crippen molar-refractivity contribution in [2.45, 2.75) is 30.3 Å². The molecule has 1 unspecified atom stereocenters. The van der Waals surface area contributed by atoms with E-state index in [1.54, 1.807) is 13.4 Å². The molecule has 0 saturated heterocycles. The average Bonchev–Trinajstić information content (AvgIpc) is 2.95. The van der Waals surface area contributed by atoms with Crippen LogP contribution in [0.15, 0.2) is 41.8 Å². The molecule has 0 N–H and O–H groups in total. The zero-order valence-electron chi connectivity index (χ0n) is 12.2. The standard InChI is InChI=1S/C15H19N3O2S/c1-12(14(19)13-7-4-3-5-8-13)21-15-17-16-11-18(15)9-6-10-20-2/h3-5,7-8,11-12H,6,9-10H2,1-2H3. The van der Waals surface area contributed by atoms with Gasteiger partial charge >= 0.3 is 0 Å². The highest BCUT2D eigenvalue weighted by Gasteiger charge is 2.19. The molecule has 0 fully saturated rings. The van der Waals surface area contributed by atoms with Gasteiger partial charge in [0.05, 0.1) is 5.25 Å². The van der Waals surface area contributed by atoms with Crippen LogP contribution in [0.2, 0.25) is 0 Å². The molecule has 0 spiro atoms. The third-order valence-electron chi connectivity index (χ3n) is 3.04. The third-order valence-corrected chi connectivity index (χ3v) is 4.13. The number of ether oxygens (including phenoxy) is 1. The van der Waals surface area contributed by atoms with E-state index >= 15 is 0 Å². The number of aromatic nitrogens is 3. The van der Waals surface area contributed by atoms with Crippen LogP contribution < -0.4 is 0 Å². The summed E-state index contributed by atoms with van der Waals surface area (Å²) in [4.78, 5) is 12.3. The number of Topliss-reactive ketones (excluding diaryl/α,β-unsaturated/α-hetero) is 1. The fourth-order valence-electron chi connectivity index (χ4n) is 1.92. The fraction of sp³-hybridized carbons (Fsp3) is 0.400. The quantitative estimate of drug-likeness (QED) is 0.426. The lowest BCUT2D eigenvalue weighted by molar-refractivity contribution is 0.0994. The molecule has 0 aliphatic carbocycles. The highest BCUT2D eigenvalue weighted by Crippen LogP contribution is 2.23. The number of rotatable bonds is 8. The maximum atomic E-state index is 12.3. The Hall–Kier alpha value is -1.66. The summed E-state index contributed by atoms with van der Waals surface area (Å²) in [7, 11) is 1.68. The molecule has 1 atom stereocenters. The zero-order valence-corrected chi connectivity index (χ0v) is 13.0. The molecule has 2 rings (SSSR count). The molecule has 0 saturated carbocycles. The highest BCUT2D eigenvalue weighted by molar-refractivity contribution is 8.00. The van der Waals surface area contributed by atoms with E-state index in [-0.39, 0.29) is 11.0 Å². The van der Waals surface area contributed by atoms with Gasteiger partial charge < -0.3 is 9.30 Å². The second-order valence-corrected chi connectivity index (χ2v) is 5.95. The molecule has 5 nitrogen and oxygen atoms in total. The minimum absolute atomic E-state index is 0.104. The summed E-state index contributed by atoms with van der Waals surface area (Å²) in [6, 6.07) is 9.32. The maximum absolute atomic E-state index is 12.3. The van der Waals surface area contributed by atoms with Crippen molar-refractivity contribution in [2.75, 3.05) is 13.7 Å². The normalized spacial score (nSPS) is 12.3. The Kier molecular flexibility index (Phi) is 5.95. The van der Waals surface area contributed by atoms with Gasteiger partial charge in [0, 0.05) is 25.8 Å². The van der Waals surface area contributed by atoms with Crippen LogP contribution >= 0.6 is 11.8 Å². The number of methoxy groups -OCH3 is 1. The summed E-state index contributed by atoms with van der Waals surface area (Å²) in [5.41, 5.74) is 0.725. The van der Waals surface area contributed by atoms with Crippen molar-refractivity contribution in [2.24, 2.45) is 0 Å². The van der Waals surface area contributed by atoms with Gasteiger partial charge in [0.25, 0.3) is 0 Å². The van der Waals surface area contributed by atoms with Gasteiger partial charge in [-0.1, -0.05) is 42.1 Å². The molecule has 1 aromatic heterocycles. The molecule has 0 aliphatic rings. The number of hydrogen-bond acceptors (Lipinski definition) is 5. The summed E-state index contributed by atoms with van der Waals surface area (Å²) in [6.07, 6.45) is 2.58. The second kappa shape index (κ2) is 7.95. The Morgan fingerprint density at radius 1 is 1.38 bits per heavy atom. The molecule has 1 aromatic carbocycles. The topological polar surface area (TPSA) is 57.0 Å². The molecular weight excluding hydrogens is 286 g/mol. The number of ketones is 1. The van der Waals surface area contributed by atoms with Crippen LogP contribution in [-0.4, -0.2) is 39.5 Å². The molecule has 112 valence electrons. The molecular formula is C15H19N3O2S. The fourth-order valence-corrected chi connectivity index (χ4v) is 2.84. The number of nitrogens with zero attached hydrogens (tertiary/aromatic N) is 3. The number of thioether (sulfide) groups is 1. The zero-order chi connectivity index (χ0) is 15.1. The van der Waals surface area contributed by atoms with E-state index in [0.717, 1.165) is 23.7 Å². The molecule has 0 radical (unpaired) electrons. The molecule has 21 heavy (non-hydrogen) atoms. The first-order valence-corrected chi connectivity index (χ1v) is 7.73. The monoisotopic (exact) mass is 305 g/mol. The Balaban J connectivity index is 1.98. The predicted octanol–water partition coefficient (Wildman–Crippen LogP) is 2.68. The van der Waals surface area contributed by atoms with Gasteiger partial charge in [-0.3, -0.25) is 4.79 Å². The SMILES string of the molecule is COCCCn1cnnc1SC(C)C(=O)c1ccccc1. The van der Waals surface area contributed by atoms with Crippen LogP contribution in [0, 0.1) is 0 Å². The number of aryl methyl sites for hydroxylation is 1. The number of carbonyl (C=O) groups excluding carboxylic acids is 1. The van der Waals surface area contributed by atoms with Crippen LogP contribution in [-0.2, 0) is 11.3 Å². The first-order valence-electron chi connectivity index (χ1n) is 6.85. The second-order valence-electron chi connectivity index (χ2n) is 4.64. The summed E-state index contributed by atoms with van der Waals surface area (Å²) in [5.74, 6) is 0.104. The van der Waals surface area contributed by atoms with Crippen molar-refractivity contribution in [1.29, 1.82) is 0 Å². The lowest BCUT2D eigenvalue weighted by Gasteiger charge is -2.11. The summed E-state index contributed by atoms with van der Waals surface area (Å²) in [5, 5.41) is 8.59. The minimum Gasteiger partial charge on any atom is -0.385 e. The lowest BCUT2D eigenvalue weighted by Crippen LogP contribution is -2.14. The van der Waals surface area contributed by atoms with Crippen LogP contribution in [0.4, 0.5) is 0 Å². The predicted molar refractivity (Wildman–Crippen MR) is 82.6 cm³/mol. The summed E-state index contributed by atoms with van der Waals surface area (Å²) < 4.78 is 7.00. The van der Waals surface area contributed by atoms with Crippen molar-refractivity contribution in [1.82, 2.24) is 14.8 Å². The Morgan fingerprint density at radius 2 is 2.14 bits per heavy atom. The van der Waals surface area contributed by atoms with Gasteiger partial charge in [0.15, 0.2) is 10.9 Å². The van der Waals surface area contributed by atoms with E-state index in [1.807, 2.05) is 41.8 Å². The number of carbonyl (C=O) groups is 1. The van der Waals surface area contributed by atoms with Crippen molar-refractivity contribution >= 4 is 17.5 Å². The molecule has 1 heterocycles. The molecule has 6 heteroatoms. The molecule has 0 amide bonds. The third kappa shape index (κ3) is 4.41. The molecule has 0 aliphatic heterocycles. The number of benzene rings is 1.